The fraction of sp³-hybridized carbons (Fsp3) is 0.400. The Bertz CT molecular complexity index is 857. The van der Waals surface area contributed by atoms with Gasteiger partial charge in [-0.1, -0.05) is 37.0 Å². The van der Waals surface area contributed by atoms with Crippen LogP contribution in [0.15, 0.2) is 17.0 Å². The molecule has 1 rings (SSSR count). The molecule has 27 heavy (non-hydrogen) atoms. The van der Waals surface area contributed by atoms with Crippen molar-refractivity contribution in [2.75, 3.05) is 6.54 Å². The van der Waals surface area contributed by atoms with E-state index in [0.29, 0.717) is 0 Å². The van der Waals surface area contributed by atoms with Crippen molar-refractivity contribution in [1.29, 1.82) is 0 Å². The van der Waals surface area contributed by atoms with Crippen LogP contribution >= 0.6 is 23.2 Å². The Balaban J connectivity index is 3.13. The second-order valence-corrected chi connectivity index (χ2v) is 8.46. The van der Waals surface area contributed by atoms with Crippen LogP contribution in [0.1, 0.15) is 31.1 Å². The van der Waals surface area contributed by atoms with Gasteiger partial charge < -0.3 is 10.5 Å². The molecule has 0 unspecified atom stereocenters. The monoisotopic (exact) mass is 439 g/mol. The number of hydrogen-bond acceptors (Lipinski definition) is 6. The normalized spacial score (nSPS) is 12.5. The van der Waals surface area contributed by atoms with E-state index >= 15 is 0 Å². The van der Waals surface area contributed by atoms with E-state index in [-0.39, 0.29) is 33.0 Å². The molecule has 0 spiro atoms. The van der Waals surface area contributed by atoms with E-state index < -0.39 is 34.0 Å². The van der Waals surface area contributed by atoms with Gasteiger partial charge in [-0.25, -0.2) is 22.7 Å². The Morgan fingerprint density at radius 3 is 2.26 bits per heavy atom. The van der Waals surface area contributed by atoms with E-state index in [1.807, 2.05) is 13.8 Å². The Kier molecular flexibility index (Phi) is 8.03. The first-order valence-electron chi connectivity index (χ1n) is 7.65. The molecule has 0 aromatic heterocycles. The molecule has 4 N–H and O–H groups in total. The van der Waals surface area contributed by atoms with Crippen LogP contribution in [0.4, 0.5) is 4.79 Å². The average molecular weight is 440 g/mol. The molecule has 0 fully saturated rings. The third kappa shape index (κ3) is 6.65. The van der Waals surface area contributed by atoms with E-state index in [4.69, 9.17) is 33.7 Å². The highest BCUT2D eigenvalue weighted by molar-refractivity contribution is 7.89. The topological polar surface area (TPSA) is 145 Å². The summed E-state index contributed by atoms with van der Waals surface area (Å²) >= 11 is 11.9. The van der Waals surface area contributed by atoms with E-state index in [1.54, 1.807) is 5.32 Å². The smallest absolute Gasteiger partial charge is 0.340 e. The number of hydrogen-bond donors (Lipinski definition) is 3. The number of rotatable bonds is 7. The van der Waals surface area contributed by atoms with Gasteiger partial charge in [-0.2, -0.15) is 0 Å². The SMILES string of the molecule is CC(C)CNS(=O)(=O)c1cc(C(=O)O[C@@H](C)C(=O)NC(N)=O)c(Cl)cc1Cl. The lowest BCUT2D eigenvalue weighted by atomic mass is 10.2. The summed E-state index contributed by atoms with van der Waals surface area (Å²) in [6, 6.07) is 0.920. The van der Waals surface area contributed by atoms with Gasteiger partial charge in [0.2, 0.25) is 10.0 Å². The highest BCUT2D eigenvalue weighted by Crippen LogP contribution is 2.29. The van der Waals surface area contributed by atoms with E-state index in [1.165, 1.54) is 6.92 Å². The minimum Gasteiger partial charge on any atom is -0.449 e. The number of nitrogens with one attached hydrogen (secondary N) is 2. The van der Waals surface area contributed by atoms with Crippen molar-refractivity contribution in [2.45, 2.75) is 31.8 Å². The van der Waals surface area contributed by atoms with Crippen LogP contribution in [0.3, 0.4) is 0 Å². The van der Waals surface area contributed by atoms with Gasteiger partial charge in [0, 0.05) is 6.54 Å². The fourth-order valence-corrected chi connectivity index (χ4v) is 3.81. The molecule has 0 aliphatic carbocycles. The number of benzene rings is 1. The zero-order valence-corrected chi connectivity index (χ0v) is 17.0. The van der Waals surface area contributed by atoms with Crippen LogP contribution in [0.25, 0.3) is 0 Å². The molecule has 1 atom stereocenters. The maximum atomic E-state index is 12.4. The molecule has 0 radical (unpaired) electrons. The van der Waals surface area contributed by atoms with Crippen LogP contribution in [-0.2, 0) is 19.6 Å². The molecule has 0 aliphatic heterocycles. The zero-order chi connectivity index (χ0) is 20.9. The predicted molar refractivity (Wildman–Crippen MR) is 99.1 cm³/mol. The first-order valence-corrected chi connectivity index (χ1v) is 9.89. The zero-order valence-electron chi connectivity index (χ0n) is 14.7. The first-order chi connectivity index (χ1) is 12.3. The van der Waals surface area contributed by atoms with Crippen molar-refractivity contribution >= 4 is 51.1 Å². The number of esters is 1. The first kappa shape index (κ1) is 23.2. The van der Waals surface area contributed by atoms with Crippen molar-refractivity contribution in [3.05, 3.63) is 27.7 Å². The fourth-order valence-electron chi connectivity index (χ4n) is 1.75. The summed E-state index contributed by atoms with van der Waals surface area (Å²) in [4.78, 5) is 34.1. The van der Waals surface area contributed by atoms with Gasteiger partial charge in [0.25, 0.3) is 5.91 Å². The summed E-state index contributed by atoms with van der Waals surface area (Å²) < 4.78 is 32.0. The van der Waals surface area contributed by atoms with E-state index in [9.17, 15) is 22.8 Å². The summed E-state index contributed by atoms with van der Waals surface area (Å²) in [5, 5.41) is 1.39. The number of imide groups is 1. The van der Waals surface area contributed by atoms with Gasteiger partial charge in [-0.15, -0.1) is 0 Å². The highest BCUT2D eigenvalue weighted by Gasteiger charge is 2.26. The van der Waals surface area contributed by atoms with Gasteiger partial charge in [0.15, 0.2) is 6.10 Å². The number of carbonyl (C=O) groups excluding carboxylic acids is 3. The molecule has 0 saturated carbocycles. The predicted octanol–water partition coefficient (Wildman–Crippen LogP) is 1.67. The Hall–Kier alpha value is -1.88. The maximum absolute atomic E-state index is 12.4. The summed E-state index contributed by atoms with van der Waals surface area (Å²) in [7, 11) is -4.01. The number of carbonyl (C=O) groups is 3. The molecule has 0 heterocycles. The number of halogens is 2. The van der Waals surface area contributed by atoms with Gasteiger partial charge in [-0.05, 0) is 25.0 Å². The Morgan fingerprint density at radius 1 is 1.15 bits per heavy atom. The molecule has 1 aromatic rings. The minimum atomic E-state index is -4.01. The lowest BCUT2D eigenvalue weighted by Gasteiger charge is -2.15. The molecule has 9 nitrogen and oxygen atoms in total. The number of amides is 3. The molecule has 150 valence electrons. The summed E-state index contributed by atoms with van der Waals surface area (Å²) in [6.07, 6.45) is -1.38. The van der Waals surface area contributed by atoms with Crippen molar-refractivity contribution in [2.24, 2.45) is 11.7 Å². The largest absolute Gasteiger partial charge is 0.449 e. The molecule has 12 heteroatoms. The van der Waals surface area contributed by atoms with E-state index in [2.05, 4.69) is 4.72 Å². The van der Waals surface area contributed by atoms with Crippen molar-refractivity contribution in [3.8, 4) is 0 Å². The van der Waals surface area contributed by atoms with Gasteiger partial charge in [0.05, 0.1) is 15.6 Å². The van der Waals surface area contributed by atoms with Crippen molar-refractivity contribution in [1.82, 2.24) is 10.0 Å². The third-order valence-electron chi connectivity index (χ3n) is 3.11. The Labute approximate surface area is 166 Å². The third-order valence-corrected chi connectivity index (χ3v) is 5.31. The summed E-state index contributed by atoms with van der Waals surface area (Å²) in [6.45, 7) is 4.98. The minimum absolute atomic E-state index is 0.0416. The number of nitrogens with two attached hydrogens (primary N) is 1. The number of primary amides is 1. The summed E-state index contributed by atoms with van der Waals surface area (Å²) in [5.74, 6) is -1.99. The molecular weight excluding hydrogens is 421 g/mol. The maximum Gasteiger partial charge on any atom is 0.340 e. The standard InChI is InChI=1S/C15H19Cl2N3O6S/c1-7(2)6-19-27(24,25)12-4-9(10(16)5-11(12)17)14(22)26-8(3)13(21)20-15(18)23/h4-5,7-8,19H,6H2,1-3H3,(H3,18,20,21,23)/t8-/m0/s1. The lowest BCUT2D eigenvalue weighted by molar-refractivity contribution is -0.127. The van der Waals surface area contributed by atoms with Gasteiger partial charge in [-0.3, -0.25) is 10.1 Å². The second kappa shape index (κ2) is 9.36. The van der Waals surface area contributed by atoms with Gasteiger partial charge in [0.1, 0.15) is 4.90 Å². The van der Waals surface area contributed by atoms with Crippen LogP contribution in [0.2, 0.25) is 10.0 Å². The quantitative estimate of drug-likeness (QED) is 0.550. The molecule has 0 bridgehead atoms. The summed E-state index contributed by atoms with van der Waals surface area (Å²) in [5.41, 5.74) is 4.50. The number of urea groups is 1. The molecule has 1 aromatic carbocycles. The van der Waals surface area contributed by atoms with Crippen LogP contribution in [0.5, 0.6) is 0 Å². The van der Waals surface area contributed by atoms with E-state index in [0.717, 1.165) is 12.1 Å². The van der Waals surface area contributed by atoms with Gasteiger partial charge >= 0.3 is 12.0 Å². The molecule has 3 amide bonds. The van der Waals surface area contributed by atoms with Crippen LogP contribution in [0, 0.1) is 5.92 Å². The second-order valence-electron chi connectivity index (χ2n) is 5.91. The molecule has 0 aliphatic rings. The van der Waals surface area contributed by atoms with Crippen LogP contribution < -0.4 is 15.8 Å². The highest BCUT2D eigenvalue weighted by atomic mass is 35.5. The molecule has 0 saturated heterocycles. The Morgan fingerprint density at radius 2 is 1.74 bits per heavy atom. The van der Waals surface area contributed by atoms with Crippen LogP contribution in [-0.4, -0.2) is 39.0 Å². The van der Waals surface area contributed by atoms with Crippen molar-refractivity contribution in [3.63, 3.8) is 0 Å². The number of sulfonamides is 1. The average Bonchev–Trinajstić information content (AvgIpc) is 2.51. The van der Waals surface area contributed by atoms with Crippen molar-refractivity contribution < 1.29 is 27.5 Å². The number of ether oxygens (including phenoxy) is 1. The molecular formula is C15H19Cl2N3O6S. The lowest BCUT2D eigenvalue weighted by Crippen LogP contribution is -2.42.